The summed E-state index contributed by atoms with van der Waals surface area (Å²) in [6, 6.07) is 10.5. The van der Waals surface area contributed by atoms with E-state index in [1.54, 1.807) is 31.2 Å². The summed E-state index contributed by atoms with van der Waals surface area (Å²) in [6.07, 6.45) is 0. The first-order valence-corrected chi connectivity index (χ1v) is 7.80. The third-order valence-electron chi connectivity index (χ3n) is 3.25. The molecule has 126 valence electrons. The second-order valence-corrected chi connectivity index (χ2v) is 5.86. The van der Waals surface area contributed by atoms with Gasteiger partial charge in [-0.3, -0.25) is 4.79 Å². The van der Waals surface area contributed by atoms with Crippen molar-refractivity contribution in [3.05, 3.63) is 69.5 Å². The van der Waals surface area contributed by atoms with Gasteiger partial charge in [0.1, 0.15) is 11.4 Å². The van der Waals surface area contributed by atoms with Crippen LogP contribution in [-0.4, -0.2) is 18.5 Å². The molecule has 0 spiro atoms. The lowest BCUT2D eigenvalue weighted by molar-refractivity contribution is -0.124. The van der Waals surface area contributed by atoms with E-state index in [4.69, 9.17) is 27.9 Å². The highest BCUT2D eigenvalue weighted by atomic mass is 35.5. The van der Waals surface area contributed by atoms with Gasteiger partial charge in [-0.15, -0.1) is 0 Å². The Labute approximate surface area is 148 Å². The second-order valence-electron chi connectivity index (χ2n) is 5.01. The lowest BCUT2D eigenvalue weighted by Gasteiger charge is -2.14. The third-order valence-corrected chi connectivity index (χ3v) is 3.82. The molecule has 2 aromatic rings. The van der Waals surface area contributed by atoms with E-state index in [2.05, 4.69) is 5.32 Å². The van der Waals surface area contributed by atoms with E-state index in [0.717, 1.165) is 11.6 Å². The van der Waals surface area contributed by atoms with Crippen molar-refractivity contribution in [2.75, 3.05) is 6.61 Å². The van der Waals surface area contributed by atoms with Gasteiger partial charge in [0.15, 0.2) is 6.61 Å². The van der Waals surface area contributed by atoms with Gasteiger partial charge >= 0.3 is 5.97 Å². The molecule has 1 atom stereocenters. The van der Waals surface area contributed by atoms with Crippen LogP contribution in [0.15, 0.2) is 42.5 Å². The van der Waals surface area contributed by atoms with Gasteiger partial charge in [0.2, 0.25) is 0 Å². The molecule has 0 saturated heterocycles. The van der Waals surface area contributed by atoms with Gasteiger partial charge in [-0.1, -0.05) is 41.4 Å². The molecular weight excluding hydrogens is 356 g/mol. The smallest absolute Gasteiger partial charge is 0.343 e. The molecule has 0 aliphatic heterocycles. The lowest BCUT2D eigenvalue weighted by atomic mass is 10.1. The number of hydrogen-bond donors (Lipinski definition) is 1. The maximum Gasteiger partial charge on any atom is 0.343 e. The van der Waals surface area contributed by atoms with Gasteiger partial charge in [0.25, 0.3) is 5.91 Å². The monoisotopic (exact) mass is 369 g/mol. The molecule has 0 aromatic heterocycles. The fourth-order valence-electron chi connectivity index (χ4n) is 2.01. The minimum absolute atomic E-state index is 0.0741. The number of carbonyl (C=O) groups excluding carboxylic acids is 2. The minimum atomic E-state index is -0.993. The predicted octanol–water partition coefficient (Wildman–Crippen LogP) is 4.17. The number of hydrogen-bond acceptors (Lipinski definition) is 3. The largest absolute Gasteiger partial charge is 0.452 e. The van der Waals surface area contributed by atoms with E-state index in [1.165, 1.54) is 12.1 Å². The number of carbonyl (C=O) groups is 2. The summed E-state index contributed by atoms with van der Waals surface area (Å²) >= 11 is 11.6. The zero-order chi connectivity index (χ0) is 17.7. The van der Waals surface area contributed by atoms with Crippen molar-refractivity contribution in [1.82, 2.24) is 5.32 Å². The van der Waals surface area contributed by atoms with E-state index in [0.29, 0.717) is 5.02 Å². The maximum atomic E-state index is 13.6. The third kappa shape index (κ3) is 4.69. The maximum absolute atomic E-state index is 13.6. The number of ether oxygens (including phenoxy) is 1. The summed E-state index contributed by atoms with van der Waals surface area (Å²) < 4.78 is 18.4. The quantitative estimate of drug-likeness (QED) is 0.804. The van der Waals surface area contributed by atoms with Gasteiger partial charge in [0, 0.05) is 5.02 Å². The molecule has 0 fully saturated rings. The molecule has 0 heterocycles. The first kappa shape index (κ1) is 18.2. The first-order chi connectivity index (χ1) is 11.4. The van der Waals surface area contributed by atoms with Crippen LogP contribution in [0.5, 0.6) is 0 Å². The normalized spacial score (nSPS) is 11.7. The molecular formula is C17H14Cl2FNO3. The zero-order valence-electron chi connectivity index (χ0n) is 12.7. The zero-order valence-corrected chi connectivity index (χ0v) is 14.2. The van der Waals surface area contributed by atoms with Crippen molar-refractivity contribution >= 4 is 35.1 Å². The fraction of sp³-hybridized carbons (Fsp3) is 0.176. The van der Waals surface area contributed by atoms with Crippen LogP contribution in [-0.2, 0) is 9.53 Å². The summed E-state index contributed by atoms with van der Waals surface area (Å²) in [5, 5.41) is 3.18. The molecule has 4 nitrogen and oxygen atoms in total. The number of amides is 1. The Kier molecular flexibility index (Phi) is 6.17. The molecule has 2 rings (SSSR count). The van der Waals surface area contributed by atoms with E-state index in [9.17, 15) is 14.0 Å². The Morgan fingerprint density at radius 3 is 2.46 bits per heavy atom. The lowest BCUT2D eigenvalue weighted by Crippen LogP contribution is -2.31. The van der Waals surface area contributed by atoms with Gasteiger partial charge in [0.05, 0.1) is 11.1 Å². The van der Waals surface area contributed by atoms with Gasteiger partial charge < -0.3 is 10.1 Å². The van der Waals surface area contributed by atoms with Crippen molar-refractivity contribution in [2.24, 2.45) is 0 Å². The molecule has 1 amide bonds. The van der Waals surface area contributed by atoms with Crippen molar-refractivity contribution in [2.45, 2.75) is 13.0 Å². The van der Waals surface area contributed by atoms with E-state index < -0.39 is 29.9 Å². The molecule has 24 heavy (non-hydrogen) atoms. The Morgan fingerprint density at radius 2 is 1.83 bits per heavy atom. The molecule has 0 unspecified atom stereocenters. The number of benzene rings is 2. The number of halogens is 3. The molecule has 7 heteroatoms. The molecule has 0 bridgehead atoms. The van der Waals surface area contributed by atoms with E-state index >= 15 is 0 Å². The van der Waals surface area contributed by atoms with Crippen LogP contribution in [0.3, 0.4) is 0 Å². The highest BCUT2D eigenvalue weighted by Gasteiger charge is 2.19. The molecule has 0 saturated carbocycles. The molecule has 2 aromatic carbocycles. The van der Waals surface area contributed by atoms with Gasteiger partial charge in [-0.25, -0.2) is 9.18 Å². The number of nitrogens with one attached hydrogen (secondary N) is 1. The van der Waals surface area contributed by atoms with Crippen LogP contribution in [0.25, 0.3) is 0 Å². The summed E-state index contributed by atoms with van der Waals surface area (Å²) in [7, 11) is 0. The first-order valence-electron chi connectivity index (χ1n) is 7.04. The Hall–Kier alpha value is -2.11. The predicted molar refractivity (Wildman–Crippen MR) is 89.7 cm³/mol. The van der Waals surface area contributed by atoms with Gasteiger partial charge in [-0.2, -0.15) is 0 Å². The number of esters is 1. The average molecular weight is 370 g/mol. The Balaban J connectivity index is 1.91. The average Bonchev–Trinajstić information content (AvgIpc) is 2.53. The van der Waals surface area contributed by atoms with Crippen molar-refractivity contribution < 1.29 is 18.7 Å². The van der Waals surface area contributed by atoms with Crippen molar-refractivity contribution in [3.63, 3.8) is 0 Å². The van der Waals surface area contributed by atoms with Crippen molar-refractivity contribution in [1.29, 1.82) is 0 Å². The van der Waals surface area contributed by atoms with Crippen LogP contribution < -0.4 is 5.32 Å². The fourth-order valence-corrected chi connectivity index (χ4v) is 2.38. The minimum Gasteiger partial charge on any atom is -0.452 e. The Bertz CT molecular complexity index is 730. The standard InChI is InChI=1S/C17H14Cl2FNO3/c1-10(11-5-7-12(18)8-6-11)21-15(22)9-24-17(23)16-13(19)3-2-4-14(16)20/h2-8,10H,9H2,1H3,(H,21,22)/t10-/m1/s1. The summed E-state index contributed by atoms with van der Waals surface area (Å²) in [5.74, 6) is -2.31. The summed E-state index contributed by atoms with van der Waals surface area (Å²) in [5.41, 5.74) is 0.453. The SMILES string of the molecule is C[C@@H](NC(=O)COC(=O)c1c(F)cccc1Cl)c1ccc(Cl)cc1. The van der Waals surface area contributed by atoms with Crippen LogP contribution in [0.2, 0.25) is 10.0 Å². The topological polar surface area (TPSA) is 55.4 Å². The van der Waals surface area contributed by atoms with Crippen LogP contribution in [0.1, 0.15) is 28.9 Å². The highest BCUT2D eigenvalue weighted by Crippen LogP contribution is 2.20. The molecule has 0 aliphatic rings. The molecule has 1 N–H and O–H groups in total. The second kappa shape index (κ2) is 8.13. The number of rotatable bonds is 5. The van der Waals surface area contributed by atoms with E-state index in [1.807, 2.05) is 0 Å². The summed E-state index contributed by atoms with van der Waals surface area (Å²) in [4.78, 5) is 23.7. The van der Waals surface area contributed by atoms with Crippen molar-refractivity contribution in [3.8, 4) is 0 Å². The van der Waals surface area contributed by atoms with Crippen LogP contribution >= 0.6 is 23.2 Å². The Morgan fingerprint density at radius 1 is 1.17 bits per heavy atom. The van der Waals surface area contributed by atoms with E-state index in [-0.39, 0.29) is 11.1 Å². The molecule has 0 radical (unpaired) electrons. The van der Waals surface area contributed by atoms with Crippen LogP contribution in [0.4, 0.5) is 4.39 Å². The molecule has 0 aliphatic carbocycles. The summed E-state index contributed by atoms with van der Waals surface area (Å²) in [6.45, 7) is 1.23. The van der Waals surface area contributed by atoms with Gasteiger partial charge in [-0.05, 0) is 36.8 Å². The highest BCUT2D eigenvalue weighted by molar-refractivity contribution is 6.33. The van der Waals surface area contributed by atoms with Crippen LogP contribution in [0, 0.1) is 5.82 Å².